The molecule has 160 valence electrons. The zero-order chi connectivity index (χ0) is 17.2. The number of nitrogens with zero attached hydrogens (tertiary/aromatic N) is 3. The van der Waals surface area contributed by atoms with E-state index in [1.165, 1.54) is 0 Å². The minimum atomic E-state index is 0. The molecular formula is C18H28N6O5. The van der Waals surface area contributed by atoms with Crippen LogP contribution in [0.15, 0.2) is 36.8 Å². The lowest BCUT2D eigenvalue weighted by Gasteiger charge is -2.27. The van der Waals surface area contributed by atoms with Gasteiger partial charge in [0.15, 0.2) is 0 Å². The Labute approximate surface area is 167 Å². The van der Waals surface area contributed by atoms with Crippen molar-refractivity contribution >= 4 is 5.69 Å². The summed E-state index contributed by atoms with van der Waals surface area (Å²) in [5.74, 6) is 0.425. The van der Waals surface area contributed by atoms with Gasteiger partial charge in [-0.05, 0) is 61.2 Å². The maximum atomic E-state index is 10.7. The van der Waals surface area contributed by atoms with Crippen molar-refractivity contribution < 1.29 is 27.0 Å². The van der Waals surface area contributed by atoms with Crippen LogP contribution in [0.25, 0.3) is 22.4 Å². The minimum Gasteiger partial charge on any atom is -0.507 e. The van der Waals surface area contributed by atoms with Gasteiger partial charge in [-0.15, -0.1) is 0 Å². The van der Waals surface area contributed by atoms with Gasteiger partial charge in [-0.1, -0.05) is 0 Å². The fourth-order valence-corrected chi connectivity index (χ4v) is 3.60. The molecule has 3 aromatic rings. The highest BCUT2D eigenvalue weighted by Crippen LogP contribution is 2.46. The number of aromatic nitrogens is 4. The fraction of sp³-hybridized carbons (Fsp3) is 0.278. The topological polar surface area (TPSA) is 239 Å². The third-order valence-electron chi connectivity index (χ3n) is 4.77. The highest BCUT2D eigenvalue weighted by atomic mass is 16.3. The average Bonchev–Trinajstić information content (AvgIpc) is 3.17. The number of phenols is 1. The lowest BCUT2D eigenvalue weighted by atomic mass is 9.82. The first-order valence-electron chi connectivity index (χ1n) is 8.39. The van der Waals surface area contributed by atoms with Crippen molar-refractivity contribution in [3.63, 3.8) is 0 Å². The molecule has 0 radical (unpaired) electrons. The summed E-state index contributed by atoms with van der Waals surface area (Å²) in [4.78, 5) is 0. The van der Waals surface area contributed by atoms with Crippen molar-refractivity contribution in [1.82, 2.24) is 25.7 Å². The largest absolute Gasteiger partial charge is 0.507 e. The highest BCUT2D eigenvalue weighted by Gasteiger charge is 2.26. The quantitative estimate of drug-likeness (QED) is 0.395. The molecule has 2 aromatic heterocycles. The standard InChI is InChI=1S/C18H20N6O.4H2O/c19-18-16(11-3-6-20-7-4-11)13(12-9-22-23-10-12)8-15(25)17(18)14-2-1-5-21-24-14;;;;/h1-2,5,8-11,20,25H,3-4,6-7,19H2,(H,22,23);4*1H2. The average molecular weight is 408 g/mol. The van der Waals surface area contributed by atoms with Gasteiger partial charge < -0.3 is 38.1 Å². The van der Waals surface area contributed by atoms with E-state index in [0.717, 1.165) is 42.6 Å². The number of aromatic hydroxyl groups is 1. The molecule has 29 heavy (non-hydrogen) atoms. The summed E-state index contributed by atoms with van der Waals surface area (Å²) < 4.78 is 0. The molecule has 1 saturated heterocycles. The number of phenolic OH excluding ortho intramolecular Hbond substituents is 1. The van der Waals surface area contributed by atoms with E-state index >= 15 is 0 Å². The van der Waals surface area contributed by atoms with Gasteiger partial charge in [-0.25, -0.2) is 0 Å². The number of nitrogens with one attached hydrogen (secondary N) is 2. The molecule has 0 bridgehead atoms. The molecule has 1 fully saturated rings. The van der Waals surface area contributed by atoms with Crippen LogP contribution in [0.4, 0.5) is 5.69 Å². The van der Waals surface area contributed by atoms with Crippen molar-refractivity contribution in [2.24, 2.45) is 0 Å². The molecule has 11 heteroatoms. The summed E-state index contributed by atoms with van der Waals surface area (Å²) in [6.45, 7) is 1.91. The van der Waals surface area contributed by atoms with E-state index in [2.05, 4.69) is 25.7 Å². The number of rotatable bonds is 3. The number of nitrogens with two attached hydrogens (primary N) is 1. The third-order valence-corrected chi connectivity index (χ3v) is 4.77. The molecule has 0 aliphatic carbocycles. The van der Waals surface area contributed by atoms with Gasteiger partial charge in [-0.3, -0.25) is 5.10 Å². The van der Waals surface area contributed by atoms with E-state index in [4.69, 9.17) is 5.73 Å². The molecule has 0 spiro atoms. The lowest BCUT2D eigenvalue weighted by Crippen LogP contribution is -2.27. The summed E-state index contributed by atoms with van der Waals surface area (Å²) in [5.41, 5.74) is 11.2. The zero-order valence-electron chi connectivity index (χ0n) is 15.7. The Morgan fingerprint density at radius 3 is 2.41 bits per heavy atom. The summed E-state index contributed by atoms with van der Waals surface area (Å²) in [7, 11) is 0. The number of aromatic amines is 1. The van der Waals surface area contributed by atoms with Crippen LogP contribution in [0.3, 0.4) is 0 Å². The van der Waals surface area contributed by atoms with Crippen LogP contribution in [0, 0.1) is 0 Å². The van der Waals surface area contributed by atoms with Gasteiger partial charge in [-0.2, -0.15) is 15.3 Å². The van der Waals surface area contributed by atoms with Crippen LogP contribution in [0.1, 0.15) is 24.3 Å². The predicted molar refractivity (Wildman–Crippen MR) is 110 cm³/mol. The normalized spacial score (nSPS) is 13.2. The van der Waals surface area contributed by atoms with Crippen molar-refractivity contribution in [3.05, 3.63) is 42.4 Å². The molecule has 1 aliphatic rings. The van der Waals surface area contributed by atoms with Gasteiger partial charge in [0.25, 0.3) is 0 Å². The Morgan fingerprint density at radius 2 is 1.83 bits per heavy atom. The molecule has 3 heterocycles. The van der Waals surface area contributed by atoms with Crippen LogP contribution >= 0.6 is 0 Å². The third kappa shape index (κ3) is 4.85. The SMILES string of the molecule is Nc1c(-c2cccnn2)c(O)cc(-c2cn[nH]c2)c1C1CCNCC1.O.O.O.O. The molecule has 11 nitrogen and oxygen atoms in total. The second-order valence-electron chi connectivity index (χ2n) is 6.27. The maximum Gasteiger partial charge on any atom is 0.127 e. The lowest BCUT2D eigenvalue weighted by molar-refractivity contribution is 0.459. The first-order valence-corrected chi connectivity index (χ1v) is 8.39. The Morgan fingerprint density at radius 1 is 1.10 bits per heavy atom. The Kier molecular flexibility index (Phi) is 9.87. The number of H-pyrrole nitrogens is 1. The molecule has 1 aliphatic heterocycles. The van der Waals surface area contributed by atoms with Crippen LogP contribution < -0.4 is 11.1 Å². The Bertz CT molecular complexity index is 870. The van der Waals surface area contributed by atoms with Crippen LogP contribution in [0.2, 0.25) is 0 Å². The second kappa shape index (κ2) is 11.0. The molecule has 0 saturated carbocycles. The monoisotopic (exact) mass is 408 g/mol. The summed E-state index contributed by atoms with van der Waals surface area (Å²) >= 11 is 0. The van der Waals surface area contributed by atoms with Gasteiger partial charge in [0.2, 0.25) is 0 Å². The van der Waals surface area contributed by atoms with Crippen LogP contribution in [-0.4, -0.2) is 60.5 Å². The molecular weight excluding hydrogens is 380 g/mol. The molecule has 1 aromatic carbocycles. The number of piperidine rings is 1. The van der Waals surface area contributed by atoms with Gasteiger partial charge in [0.1, 0.15) is 5.75 Å². The van der Waals surface area contributed by atoms with Crippen molar-refractivity contribution in [2.75, 3.05) is 18.8 Å². The first kappa shape index (κ1) is 25.9. The molecule has 13 N–H and O–H groups in total. The number of anilines is 1. The van der Waals surface area contributed by atoms with Crippen molar-refractivity contribution in [1.29, 1.82) is 0 Å². The van der Waals surface area contributed by atoms with E-state index in [1.807, 2.05) is 12.3 Å². The number of benzene rings is 1. The summed E-state index contributed by atoms with van der Waals surface area (Å²) in [6, 6.07) is 5.36. The van der Waals surface area contributed by atoms with E-state index in [1.54, 1.807) is 24.5 Å². The smallest absolute Gasteiger partial charge is 0.127 e. The first-order chi connectivity index (χ1) is 12.3. The molecule has 0 amide bonds. The number of nitrogen functional groups attached to an aromatic ring is 1. The van der Waals surface area contributed by atoms with E-state index in [0.29, 0.717) is 22.9 Å². The summed E-state index contributed by atoms with van der Waals surface area (Å²) in [5, 5.41) is 29.0. The summed E-state index contributed by atoms with van der Waals surface area (Å²) in [6.07, 6.45) is 7.17. The molecule has 4 rings (SSSR count). The number of hydrogen-bond acceptors (Lipinski definition) is 6. The van der Waals surface area contributed by atoms with Crippen molar-refractivity contribution in [2.45, 2.75) is 18.8 Å². The van der Waals surface area contributed by atoms with Crippen molar-refractivity contribution in [3.8, 4) is 28.1 Å². The Balaban J connectivity index is 0.00000196. The Hall–Kier alpha value is -3.09. The zero-order valence-corrected chi connectivity index (χ0v) is 15.7. The highest BCUT2D eigenvalue weighted by molar-refractivity contribution is 5.88. The minimum absolute atomic E-state index is 0. The van der Waals surface area contributed by atoms with E-state index in [9.17, 15) is 5.11 Å². The van der Waals surface area contributed by atoms with E-state index < -0.39 is 0 Å². The van der Waals surface area contributed by atoms with Gasteiger partial charge in [0.05, 0.1) is 17.5 Å². The molecule has 0 atom stereocenters. The van der Waals surface area contributed by atoms with Gasteiger partial charge in [0, 0.05) is 23.6 Å². The number of hydrogen-bond donors (Lipinski definition) is 4. The second-order valence-corrected chi connectivity index (χ2v) is 6.27. The van der Waals surface area contributed by atoms with Gasteiger partial charge >= 0.3 is 0 Å². The van der Waals surface area contributed by atoms with Crippen LogP contribution in [0.5, 0.6) is 5.75 Å². The molecule has 0 unspecified atom stereocenters. The predicted octanol–water partition coefficient (Wildman–Crippen LogP) is -1.01. The van der Waals surface area contributed by atoms with E-state index in [-0.39, 0.29) is 27.7 Å². The maximum absolute atomic E-state index is 10.7. The fourth-order valence-electron chi connectivity index (χ4n) is 3.60. The van der Waals surface area contributed by atoms with Crippen LogP contribution in [-0.2, 0) is 0 Å².